The minimum Gasteiger partial charge on any atom is -0.342 e. The Bertz CT molecular complexity index is 635. The number of likely N-dealkylation sites (tertiary alicyclic amines) is 2. The molecule has 0 atom stereocenters. The summed E-state index contributed by atoms with van der Waals surface area (Å²) in [6.45, 7) is 10.3. The highest BCUT2D eigenvalue weighted by molar-refractivity contribution is 5.77. The predicted molar refractivity (Wildman–Crippen MR) is 112 cm³/mol. The van der Waals surface area contributed by atoms with Crippen molar-refractivity contribution in [2.45, 2.75) is 58.4 Å². The summed E-state index contributed by atoms with van der Waals surface area (Å²) in [5.41, 5.74) is 1.53. The molecule has 2 fully saturated rings. The molecule has 2 aliphatic heterocycles. The van der Waals surface area contributed by atoms with Gasteiger partial charge in [0.15, 0.2) is 0 Å². The minimum atomic E-state index is 0.334. The van der Waals surface area contributed by atoms with Gasteiger partial charge in [0.05, 0.1) is 0 Å². The number of carbonyl (C=O) groups is 1. The molecule has 28 heavy (non-hydrogen) atoms. The Balaban J connectivity index is 1.50. The number of hydrogen-bond donors (Lipinski definition) is 0. The number of nitrogens with zero attached hydrogens (tertiary/aromatic N) is 5. The van der Waals surface area contributed by atoms with Crippen LogP contribution in [-0.2, 0) is 11.3 Å². The van der Waals surface area contributed by atoms with E-state index in [0.29, 0.717) is 17.2 Å². The molecule has 3 heterocycles. The smallest absolute Gasteiger partial charge is 0.222 e. The number of rotatable bonds is 7. The van der Waals surface area contributed by atoms with Crippen LogP contribution in [0.4, 0.5) is 0 Å². The molecule has 1 aromatic heterocycles. The Kier molecular flexibility index (Phi) is 7.05. The average Bonchev–Trinajstić information content (AvgIpc) is 2.67. The van der Waals surface area contributed by atoms with Crippen molar-refractivity contribution in [2.24, 2.45) is 5.41 Å². The maximum Gasteiger partial charge on any atom is 0.222 e. The van der Waals surface area contributed by atoms with Crippen LogP contribution in [0.5, 0.6) is 0 Å². The van der Waals surface area contributed by atoms with Crippen molar-refractivity contribution in [2.75, 3.05) is 46.8 Å². The van der Waals surface area contributed by atoms with Crippen LogP contribution in [0.3, 0.4) is 0 Å². The molecule has 2 saturated heterocycles. The van der Waals surface area contributed by atoms with Gasteiger partial charge in [0.1, 0.15) is 5.82 Å². The van der Waals surface area contributed by atoms with Crippen molar-refractivity contribution in [3.63, 3.8) is 0 Å². The molecule has 1 amide bonds. The van der Waals surface area contributed by atoms with E-state index in [1.165, 1.54) is 18.4 Å². The third kappa shape index (κ3) is 5.51. The minimum absolute atomic E-state index is 0.334. The number of aromatic nitrogens is 2. The standard InChI is InChI=1S/C22H37N5O/c1-18(2)21-23-14-19(15-24-21)16-26-12-8-22(9-13-26)7-6-20(28)27(17-22)11-5-10-25(3)4/h14-15,18H,5-13,16-17H2,1-4H3. The van der Waals surface area contributed by atoms with Gasteiger partial charge < -0.3 is 9.80 Å². The molecular weight excluding hydrogens is 350 g/mol. The lowest BCUT2D eigenvalue weighted by atomic mass is 9.72. The maximum atomic E-state index is 12.4. The number of hydrogen-bond acceptors (Lipinski definition) is 5. The summed E-state index contributed by atoms with van der Waals surface area (Å²) in [4.78, 5) is 28.2. The number of carbonyl (C=O) groups excluding carboxylic acids is 1. The van der Waals surface area contributed by atoms with Crippen LogP contribution in [-0.4, -0.2) is 77.4 Å². The zero-order chi connectivity index (χ0) is 20.1. The molecule has 0 aromatic carbocycles. The zero-order valence-electron chi connectivity index (χ0n) is 18.2. The zero-order valence-corrected chi connectivity index (χ0v) is 18.2. The first-order valence-corrected chi connectivity index (χ1v) is 10.8. The van der Waals surface area contributed by atoms with Crippen LogP contribution >= 0.6 is 0 Å². The van der Waals surface area contributed by atoms with Gasteiger partial charge in [-0.25, -0.2) is 9.97 Å². The summed E-state index contributed by atoms with van der Waals surface area (Å²) in [7, 11) is 4.19. The van der Waals surface area contributed by atoms with Gasteiger partial charge in [0.25, 0.3) is 0 Å². The lowest BCUT2D eigenvalue weighted by Gasteiger charge is -2.47. The van der Waals surface area contributed by atoms with Gasteiger partial charge in [0.2, 0.25) is 5.91 Å². The van der Waals surface area contributed by atoms with Crippen molar-refractivity contribution < 1.29 is 4.79 Å². The van der Waals surface area contributed by atoms with E-state index in [9.17, 15) is 4.79 Å². The third-order valence-electron chi connectivity index (χ3n) is 6.35. The highest BCUT2D eigenvalue weighted by Gasteiger charge is 2.40. The fraction of sp³-hybridized carbons (Fsp3) is 0.773. The van der Waals surface area contributed by atoms with Gasteiger partial charge in [-0.2, -0.15) is 0 Å². The van der Waals surface area contributed by atoms with Crippen molar-refractivity contribution >= 4 is 5.91 Å². The summed E-state index contributed by atoms with van der Waals surface area (Å²) in [6, 6.07) is 0. The molecule has 2 aliphatic rings. The predicted octanol–water partition coefficient (Wildman–Crippen LogP) is 2.76. The second kappa shape index (κ2) is 9.31. The Morgan fingerprint density at radius 1 is 1.14 bits per heavy atom. The van der Waals surface area contributed by atoms with E-state index in [-0.39, 0.29) is 0 Å². The van der Waals surface area contributed by atoms with Gasteiger partial charge in [-0.05, 0) is 64.8 Å². The van der Waals surface area contributed by atoms with Crippen LogP contribution in [0.1, 0.15) is 63.3 Å². The summed E-state index contributed by atoms with van der Waals surface area (Å²) < 4.78 is 0. The molecule has 1 aromatic rings. The normalized spacial score (nSPS) is 20.5. The van der Waals surface area contributed by atoms with E-state index in [2.05, 4.69) is 52.6 Å². The molecule has 6 nitrogen and oxygen atoms in total. The summed E-state index contributed by atoms with van der Waals surface area (Å²) >= 11 is 0. The summed E-state index contributed by atoms with van der Waals surface area (Å²) in [5, 5.41) is 0. The van der Waals surface area contributed by atoms with E-state index in [4.69, 9.17) is 0 Å². The molecule has 0 saturated carbocycles. The molecule has 1 spiro atoms. The Morgan fingerprint density at radius 3 is 2.43 bits per heavy atom. The van der Waals surface area contributed by atoms with Gasteiger partial charge in [-0.15, -0.1) is 0 Å². The van der Waals surface area contributed by atoms with Crippen molar-refractivity contribution in [3.8, 4) is 0 Å². The van der Waals surface area contributed by atoms with Gasteiger partial charge in [-0.3, -0.25) is 9.69 Å². The van der Waals surface area contributed by atoms with E-state index >= 15 is 0 Å². The van der Waals surface area contributed by atoms with E-state index < -0.39 is 0 Å². The summed E-state index contributed by atoms with van der Waals surface area (Å²) in [6.07, 6.45) is 9.21. The average molecular weight is 388 g/mol. The first kappa shape index (κ1) is 21.2. The van der Waals surface area contributed by atoms with Gasteiger partial charge >= 0.3 is 0 Å². The monoisotopic (exact) mass is 387 g/mol. The lowest BCUT2D eigenvalue weighted by Crippen LogP contribution is -2.51. The molecule has 0 aliphatic carbocycles. The lowest BCUT2D eigenvalue weighted by molar-refractivity contribution is -0.139. The molecule has 0 unspecified atom stereocenters. The van der Waals surface area contributed by atoms with Crippen molar-refractivity contribution in [1.29, 1.82) is 0 Å². The molecule has 0 radical (unpaired) electrons. The van der Waals surface area contributed by atoms with E-state index in [1.807, 2.05) is 12.4 Å². The van der Waals surface area contributed by atoms with E-state index in [0.717, 1.165) is 64.4 Å². The fourth-order valence-electron chi connectivity index (χ4n) is 4.48. The van der Waals surface area contributed by atoms with Crippen LogP contribution in [0.15, 0.2) is 12.4 Å². The summed E-state index contributed by atoms with van der Waals surface area (Å²) in [5.74, 6) is 1.65. The highest BCUT2D eigenvalue weighted by Crippen LogP contribution is 2.40. The quantitative estimate of drug-likeness (QED) is 0.720. The molecule has 6 heteroatoms. The second-order valence-electron chi connectivity index (χ2n) is 9.35. The number of piperidine rings is 2. The van der Waals surface area contributed by atoms with Gasteiger partial charge in [0, 0.05) is 49.9 Å². The Labute approximate surface area is 170 Å². The first-order valence-electron chi connectivity index (χ1n) is 10.8. The largest absolute Gasteiger partial charge is 0.342 e. The fourth-order valence-corrected chi connectivity index (χ4v) is 4.48. The topological polar surface area (TPSA) is 52.6 Å². The Morgan fingerprint density at radius 2 is 1.82 bits per heavy atom. The molecule has 0 N–H and O–H groups in total. The molecular formula is C22H37N5O. The Hall–Kier alpha value is -1.53. The van der Waals surface area contributed by atoms with E-state index in [1.54, 1.807) is 0 Å². The van der Waals surface area contributed by atoms with Crippen molar-refractivity contribution in [1.82, 2.24) is 24.7 Å². The van der Waals surface area contributed by atoms with Crippen molar-refractivity contribution in [3.05, 3.63) is 23.8 Å². The third-order valence-corrected chi connectivity index (χ3v) is 6.35. The van der Waals surface area contributed by atoms with Crippen LogP contribution in [0, 0.1) is 5.41 Å². The van der Waals surface area contributed by atoms with Gasteiger partial charge in [-0.1, -0.05) is 13.8 Å². The number of amides is 1. The van der Waals surface area contributed by atoms with Crippen LogP contribution in [0.2, 0.25) is 0 Å². The second-order valence-corrected chi connectivity index (χ2v) is 9.35. The SMILES string of the molecule is CC(C)c1ncc(CN2CCC3(CCC(=O)N(CCCN(C)C)C3)CC2)cn1. The highest BCUT2D eigenvalue weighted by atomic mass is 16.2. The first-order chi connectivity index (χ1) is 13.4. The van der Waals surface area contributed by atoms with Crippen LogP contribution in [0.25, 0.3) is 0 Å². The molecule has 0 bridgehead atoms. The van der Waals surface area contributed by atoms with Crippen LogP contribution < -0.4 is 0 Å². The molecule has 156 valence electrons. The maximum absolute atomic E-state index is 12.4. The molecule has 3 rings (SSSR count).